The van der Waals surface area contributed by atoms with Gasteiger partial charge >= 0.3 is 0 Å². The molecule has 0 saturated carbocycles. The third-order valence-corrected chi connectivity index (χ3v) is 5.70. The van der Waals surface area contributed by atoms with Gasteiger partial charge in [0.1, 0.15) is 5.54 Å². The summed E-state index contributed by atoms with van der Waals surface area (Å²) in [5, 5.41) is 0. The van der Waals surface area contributed by atoms with Gasteiger partial charge in [-0.2, -0.15) is 0 Å². The first-order valence-electron chi connectivity index (χ1n) is 7.75. The Labute approximate surface area is 125 Å². The number of rotatable bonds is 1. The van der Waals surface area contributed by atoms with E-state index in [2.05, 4.69) is 23.0 Å². The number of terminal acetylenes is 1. The monoisotopic (exact) mass is 280 g/mol. The van der Waals surface area contributed by atoms with E-state index in [0.717, 1.165) is 37.9 Å². The van der Waals surface area contributed by atoms with Crippen LogP contribution in [0.15, 0.2) is 24.3 Å². The summed E-state index contributed by atoms with van der Waals surface area (Å²) >= 11 is 0. The van der Waals surface area contributed by atoms with Crippen molar-refractivity contribution in [1.82, 2.24) is 9.80 Å². The first kappa shape index (κ1) is 12.9. The Morgan fingerprint density at radius 3 is 2.81 bits per heavy atom. The van der Waals surface area contributed by atoms with Crippen LogP contribution in [0.5, 0.6) is 0 Å². The Morgan fingerprint density at radius 2 is 2.10 bits per heavy atom. The lowest BCUT2D eigenvalue weighted by Crippen LogP contribution is -2.49. The van der Waals surface area contributed by atoms with Crippen LogP contribution in [0.3, 0.4) is 0 Å². The Bertz CT molecular complexity index is 630. The molecule has 0 unspecified atom stereocenters. The molecule has 3 nitrogen and oxygen atoms in total. The number of likely N-dealkylation sites (tertiary alicyclic amines) is 1. The fraction of sp³-hybridized carbons (Fsp3) is 0.500. The average Bonchev–Trinajstić information content (AvgIpc) is 3.12. The summed E-state index contributed by atoms with van der Waals surface area (Å²) in [5.41, 5.74) is 2.02. The lowest BCUT2D eigenvalue weighted by atomic mass is 9.85. The van der Waals surface area contributed by atoms with Crippen molar-refractivity contribution in [2.45, 2.75) is 30.8 Å². The van der Waals surface area contributed by atoms with Gasteiger partial charge in [0.25, 0.3) is 0 Å². The number of carbonyl (C=O) groups is 1. The van der Waals surface area contributed by atoms with Gasteiger partial charge in [-0.3, -0.25) is 9.69 Å². The van der Waals surface area contributed by atoms with Crippen molar-refractivity contribution in [1.29, 1.82) is 0 Å². The topological polar surface area (TPSA) is 23.6 Å². The fourth-order valence-electron chi connectivity index (χ4n) is 4.82. The fourth-order valence-corrected chi connectivity index (χ4v) is 4.82. The molecule has 1 aromatic rings. The van der Waals surface area contributed by atoms with Gasteiger partial charge in [0.2, 0.25) is 5.91 Å². The summed E-state index contributed by atoms with van der Waals surface area (Å²) < 4.78 is 0. The largest absolute Gasteiger partial charge is 0.344 e. The van der Waals surface area contributed by atoms with E-state index in [9.17, 15) is 4.79 Å². The average molecular weight is 280 g/mol. The predicted octanol–water partition coefficient (Wildman–Crippen LogP) is 2.04. The molecule has 0 aromatic heterocycles. The smallest absolute Gasteiger partial charge is 0.243 e. The molecule has 0 aliphatic carbocycles. The standard InChI is InChI=1S/C18H20N2O/c1-3-13-5-7-14(8-6-13)16-11-15-12-19(2)17(21)18(15)9-4-10-20(16)18/h1,5-8,15-16H,4,9-12H2,2H3/t15-,16-,18-/m0/s1. The highest BCUT2D eigenvalue weighted by molar-refractivity contribution is 5.90. The molecule has 3 aliphatic rings. The number of hydrogen-bond donors (Lipinski definition) is 0. The third kappa shape index (κ3) is 1.57. The molecule has 3 fully saturated rings. The molecule has 21 heavy (non-hydrogen) atoms. The summed E-state index contributed by atoms with van der Waals surface area (Å²) in [6.07, 6.45) is 8.69. The quantitative estimate of drug-likeness (QED) is 0.735. The van der Waals surface area contributed by atoms with Crippen LogP contribution in [0.25, 0.3) is 0 Å². The summed E-state index contributed by atoms with van der Waals surface area (Å²) in [7, 11) is 1.95. The molecule has 3 saturated heterocycles. The number of hydrogen-bond acceptors (Lipinski definition) is 2. The molecule has 1 spiro atoms. The maximum atomic E-state index is 12.7. The van der Waals surface area contributed by atoms with Crippen molar-refractivity contribution in [3.05, 3.63) is 35.4 Å². The Kier molecular flexibility index (Phi) is 2.68. The van der Waals surface area contributed by atoms with Crippen LogP contribution in [0.4, 0.5) is 0 Å². The molecule has 0 radical (unpaired) electrons. The zero-order valence-corrected chi connectivity index (χ0v) is 12.4. The molecule has 0 bridgehead atoms. The van der Waals surface area contributed by atoms with E-state index in [1.807, 2.05) is 24.1 Å². The van der Waals surface area contributed by atoms with Gasteiger partial charge in [-0.05, 0) is 43.5 Å². The van der Waals surface area contributed by atoms with Gasteiger partial charge in [-0.15, -0.1) is 6.42 Å². The molecule has 3 aliphatic heterocycles. The van der Waals surface area contributed by atoms with Crippen LogP contribution in [-0.4, -0.2) is 41.4 Å². The van der Waals surface area contributed by atoms with Crippen molar-refractivity contribution in [3.63, 3.8) is 0 Å². The van der Waals surface area contributed by atoms with E-state index in [4.69, 9.17) is 6.42 Å². The molecular formula is C18H20N2O. The van der Waals surface area contributed by atoms with Gasteiger partial charge in [-0.25, -0.2) is 0 Å². The first-order chi connectivity index (χ1) is 10.2. The lowest BCUT2D eigenvalue weighted by Gasteiger charge is -2.33. The van der Waals surface area contributed by atoms with Crippen LogP contribution in [0.1, 0.15) is 36.4 Å². The Balaban J connectivity index is 1.71. The summed E-state index contributed by atoms with van der Waals surface area (Å²) in [4.78, 5) is 17.1. The third-order valence-electron chi connectivity index (χ3n) is 5.70. The van der Waals surface area contributed by atoms with Crippen molar-refractivity contribution in [3.8, 4) is 12.3 Å². The SMILES string of the molecule is C#Cc1ccc([C@@H]2C[C@H]3CN(C)C(=O)[C@]34CCCN24)cc1. The number of nitrogens with zero attached hydrogens (tertiary/aromatic N) is 2. The van der Waals surface area contributed by atoms with Crippen LogP contribution in [0, 0.1) is 18.3 Å². The molecule has 1 aromatic carbocycles. The molecule has 0 N–H and O–H groups in total. The van der Waals surface area contributed by atoms with E-state index in [1.54, 1.807) is 0 Å². The zero-order valence-electron chi connectivity index (χ0n) is 12.4. The maximum Gasteiger partial charge on any atom is 0.243 e. The molecule has 1 amide bonds. The van der Waals surface area contributed by atoms with E-state index >= 15 is 0 Å². The zero-order chi connectivity index (χ0) is 14.6. The van der Waals surface area contributed by atoms with Gasteiger partial charge < -0.3 is 4.90 Å². The van der Waals surface area contributed by atoms with E-state index in [0.29, 0.717) is 17.9 Å². The van der Waals surface area contributed by atoms with E-state index in [1.165, 1.54) is 5.56 Å². The minimum Gasteiger partial charge on any atom is -0.344 e. The number of likely N-dealkylation sites (N-methyl/N-ethyl adjacent to an activating group) is 1. The van der Waals surface area contributed by atoms with Gasteiger partial charge in [0.05, 0.1) is 0 Å². The second-order valence-corrected chi connectivity index (χ2v) is 6.62. The molecule has 3 heterocycles. The maximum absolute atomic E-state index is 12.7. The second-order valence-electron chi connectivity index (χ2n) is 6.62. The molecular weight excluding hydrogens is 260 g/mol. The minimum absolute atomic E-state index is 0.204. The summed E-state index contributed by atoms with van der Waals surface area (Å²) in [6, 6.07) is 8.68. The van der Waals surface area contributed by atoms with Gasteiger partial charge in [0.15, 0.2) is 0 Å². The van der Waals surface area contributed by atoms with Crippen molar-refractivity contribution in [2.24, 2.45) is 5.92 Å². The van der Waals surface area contributed by atoms with Crippen LogP contribution in [0.2, 0.25) is 0 Å². The van der Waals surface area contributed by atoms with Gasteiger partial charge in [0, 0.05) is 31.1 Å². The number of benzene rings is 1. The molecule has 4 rings (SSSR count). The number of carbonyl (C=O) groups excluding carboxylic acids is 1. The van der Waals surface area contributed by atoms with Crippen LogP contribution < -0.4 is 0 Å². The highest BCUT2D eigenvalue weighted by Crippen LogP contribution is 2.55. The predicted molar refractivity (Wildman–Crippen MR) is 81.5 cm³/mol. The Morgan fingerprint density at radius 1 is 1.33 bits per heavy atom. The first-order valence-corrected chi connectivity index (χ1v) is 7.75. The number of amides is 1. The normalized spacial score (nSPS) is 34.9. The highest BCUT2D eigenvalue weighted by atomic mass is 16.2. The van der Waals surface area contributed by atoms with E-state index < -0.39 is 0 Å². The van der Waals surface area contributed by atoms with Crippen LogP contribution in [-0.2, 0) is 4.79 Å². The van der Waals surface area contributed by atoms with Crippen molar-refractivity contribution in [2.75, 3.05) is 20.1 Å². The van der Waals surface area contributed by atoms with Crippen LogP contribution >= 0.6 is 0 Å². The summed E-state index contributed by atoms with van der Waals surface area (Å²) in [5.74, 6) is 3.49. The van der Waals surface area contributed by atoms with Crippen molar-refractivity contribution < 1.29 is 4.79 Å². The Hall–Kier alpha value is -1.79. The second kappa shape index (κ2) is 4.35. The highest BCUT2D eigenvalue weighted by Gasteiger charge is 2.64. The minimum atomic E-state index is -0.204. The molecule has 108 valence electrons. The molecule has 3 heteroatoms. The van der Waals surface area contributed by atoms with E-state index in [-0.39, 0.29) is 5.54 Å². The van der Waals surface area contributed by atoms with Crippen molar-refractivity contribution >= 4 is 5.91 Å². The molecule has 3 atom stereocenters. The summed E-state index contributed by atoms with van der Waals surface area (Å²) in [6.45, 7) is 1.95. The lowest BCUT2D eigenvalue weighted by molar-refractivity contribution is -0.135. The van der Waals surface area contributed by atoms with Gasteiger partial charge in [-0.1, -0.05) is 18.1 Å².